The number of nitro benzene ring substituents is 1. The molecule has 0 aliphatic carbocycles. The van der Waals surface area contributed by atoms with E-state index in [0.29, 0.717) is 15.6 Å². The van der Waals surface area contributed by atoms with Gasteiger partial charge in [-0.05, 0) is 30.7 Å². The van der Waals surface area contributed by atoms with Crippen LogP contribution in [0.15, 0.2) is 40.9 Å². The number of nitro groups is 1. The van der Waals surface area contributed by atoms with Crippen LogP contribution in [0.2, 0.25) is 0 Å². The summed E-state index contributed by atoms with van der Waals surface area (Å²) in [6.07, 6.45) is 0. The summed E-state index contributed by atoms with van der Waals surface area (Å²) in [7, 11) is 0. The quantitative estimate of drug-likeness (QED) is 0.668. The third-order valence-corrected chi connectivity index (χ3v) is 3.36. The molecule has 0 heterocycles. The molecule has 0 saturated carbocycles. The van der Waals surface area contributed by atoms with Gasteiger partial charge < -0.3 is 5.32 Å². The molecule has 0 fully saturated rings. The molecule has 7 heteroatoms. The van der Waals surface area contributed by atoms with E-state index < -0.39 is 28.0 Å². The molecular formula is C14H10BrFN2O3. The van der Waals surface area contributed by atoms with E-state index in [1.54, 1.807) is 25.1 Å². The number of benzene rings is 2. The van der Waals surface area contributed by atoms with Gasteiger partial charge in [0, 0.05) is 16.1 Å². The first kappa shape index (κ1) is 15.1. The van der Waals surface area contributed by atoms with Crippen molar-refractivity contribution in [3.8, 4) is 0 Å². The van der Waals surface area contributed by atoms with Crippen molar-refractivity contribution < 1.29 is 14.1 Å². The smallest absolute Gasteiger partial charge is 0.295 e. The molecule has 2 aromatic carbocycles. The van der Waals surface area contributed by atoms with Gasteiger partial charge in [0.05, 0.1) is 4.92 Å². The third-order valence-electron chi connectivity index (χ3n) is 2.87. The van der Waals surface area contributed by atoms with Gasteiger partial charge in [-0.25, -0.2) is 4.39 Å². The van der Waals surface area contributed by atoms with Crippen LogP contribution < -0.4 is 5.32 Å². The minimum absolute atomic E-state index is 0.307. The Kier molecular flexibility index (Phi) is 4.32. The van der Waals surface area contributed by atoms with E-state index in [-0.39, 0.29) is 0 Å². The highest BCUT2D eigenvalue weighted by Gasteiger charge is 2.21. The fourth-order valence-corrected chi connectivity index (χ4v) is 2.17. The van der Waals surface area contributed by atoms with Gasteiger partial charge in [-0.2, -0.15) is 0 Å². The number of amides is 1. The SMILES string of the molecule is Cc1ccc(Br)cc1C(=O)Nc1c(F)cccc1[N+](=O)[O-]. The zero-order valence-electron chi connectivity index (χ0n) is 10.9. The highest BCUT2D eigenvalue weighted by Crippen LogP contribution is 2.28. The van der Waals surface area contributed by atoms with E-state index in [1.807, 2.05) is 0 Å². The van der Waals surface area contributed by atoms with E-state index in [1.165, 1.54) is 6.07 Å². The summed E-state index contributed by atoms with van der Waals surface area (Å²) in [6.45, 7) is 1.72. The van der Waals surface area contributed by atoms with E-state index in [0.717, 1.165) is 12.1 Å². The highest BCUT2D eigenvalue weighted by atomic mass is 79.9. The van der Waals surface area contributed by atoms with E-state index in [2.05, 4.69) is 21.2 Å². The summed E-state index contributed by atoms with van der Waals surface area (Å²) in [6, 6.07) is 8.44. The molecule has 0 aromatic heterocycles. The fourth-order valence-electron chi connectivity index (χ4n) is 1.81. The van der Waals surface area contributed by atoms with Crippen molar-refractivity contribution in [2.24, 2.45) is 0 Å². The number of carbonyl (C=O) groups is 1. The zero-order chi connectivity index (χ0) is 15.6. The van der Waals surface area contributed by atoms with Crippen molar-refractivity contribution in [3.63, 3.8) is 0 Å². The molecule has 0 bridgehead atoms. The number of rotatable bonds is 3. The second-order valence-corrected chi connectivity index (χ2v) is 5.22. The summed E-state index contributed by atoms with van der Waals surface area (Å²) in [5, 5.41) is 13.2. The van der Waals surface area contributed by atoms with Crippen LogP contribution >= 0.6 is 15.9 Å². The van der Waals surface area contributed by atoms with E-state index >= 15 is 0 Å². The Hall–Kier alpha value is -2.28. The van der Waals surface area contributed by atoms with Gasteiger partial charge in [0.25, 0.3) is 11.6 Å². The summed E-state index contributed by atoms with van der Waals surface area (Å²) in [4.78, 5) is 22.3. The Morgan fingerprint density at radius 1 is 1.33 bits per heavy atom. The number of nitrogens with one attached hydrogen (secondary N) is 1. The number of anilines is 1. The number of hydrogen-bond donors (Lipinski definition) is 1. The number of halogens is 2. The van der Waals surface area contributed by atoms with Crippen molar-refractivity contribution in [2.75, 3.05) is 5.32 Å². The predicted octanol–water partition coefficient (Wildman–Crippen LogP) is 4.06. The molecule has 21 heavy (non-hydrogen) atoms. The summed E-state index contributed by atoms with van der Waals surface area (Å²) in [5.41, 5.74) is 0.0551. The molecule has 5 nitrogen and oxygen atoms in total. The van der Waals surface area contributed by atoms with Gasteiger partial charge in [0.2, 0.25) is 0 Å². The standard InChI is InChI=1S/C14H10BrFN2O3/c1-8-5-6-9(15)7-10(8)14(19)17-13-11(16)3-2-4-12(13)18(20)21/h2-7H,1H3,(H,17,19). The van der Waals surface area contributed by atoms with Crippen molar-refractivity contribution in [1.82, 2.24) is 0 Å². The molecule has 0 spiro atoms. The third kappa shape index (κ3) is 3.25. The van der Waals surface area contributed by atoms with Crippen LogP contribution in [-0.2, 0) is 0 Å². The maximum Gasteiger partial charge on any atom is 0.295 e. The van der Waals surface area contributed by atoms with Gasteiger partial charge >= 0.3 is 0 Å². The lowest BCUT2D eigenvalue weighted by atomic mass is 10.1. The molecular weight excluding hydrogens is 343 g/mol. The topological polar surface area (TPSA) is 72.2 Å². The number of aryl methyl sites for hydroxylation is 1. The predicted molar refractivity (Wildman–Crippen MR) is 79.9 cm³/mol. The van der Waals surface area contributed by atoms with Gasteiger partial charge in [0.15, 0.2) is 11.5 Å². The molecule has 2 aromatic rings. The number of hydrogen-bond acceptors (Lipinski definition) is 3. The van der Waals surface area contributed by atoms with Gasteiger partial charge in [-0.1, -0.05) is 28.1 Å². The molecule has 108 valence electrons. The van der Waals surface area contributed by atoms with Crippen LogP contribution in [0.1, 0.15) is 15.9 Å². The lowest BCUT2D eigenvalue weighted by Gasteiger charge is -2.09. The molecule has 2 rings (SSSR count). The minimum Gasteiger partial charge on any atom is -0.314 e. The van der Waals surface area contributed by atoms with Crippen molar-refractivity contribution in [1.29, 1.82) is 0 Å². The minimum atomic E-state index is -0.856. The number of nitrogens with zero attached hydrogens (tertiary/aromatic N) is 1. The van der Waals surface area contributed by atoms with Crippen LogP contribution in [0.5, 0.6) is 0 Å². The van der Waals surface area contributed by atoms with Crippen LogP contribution in [0, 0.1) is 22.9 Å². The molecule has 0 aliphatic heterocycles. The van der Waals surface area contributed by atoms with Crippen molar-refractivity contribution in [2.45, 2.75) is 6.92 Å². The fraction of sp³-hybridized carbons (Fsp3) is 0.0714. The first-order chi connectivity index (χ1) is 9.90. The van der Waals surface area contributed by atoms with Crippen molar-refractivity contribution in [3.05, 3.63) is 67.9 Å². The van der Waals surface area contributed by atoms with E-state index in [4.69, 9.17) is 0 Å². The average Bonchev–Trinajstić information content (AvgIpc) is 2.43. The monoisotopic (exact) mass is 352 g/mol. The zero-order valence-corrected chi connectivity index (χ0v) is 12.5. The van der Waals surface area contributed by atoms with Crippen LogP contribution in [0.3, 0.4) is 0 Å². The lowest BCUT2D eigenvalue weighted by Crippen LogP contribution is -2.15. The second kappa shape index (κ2) is 6.01. The Morgan fingerprint density at radius 2 is 2.05 bits per heavy atom. The van der Waals surface area contributed by atoms with Gasteiger partial charge in [-0.15, -0.1) is 0 Å². The molecule has 1 N–H and O–H groups in total. The first-order valence-electron chi connectivity index (χ1n) is 5.90. The Balaban J connectivity index is 2.41. The summed E-state index contributed by atoms with van der Waals surface area (Å²) >= 11 is 3.24. The average molecular weight is 353 g/mol. The Morgan fingerprint density at radius 3 is 2.71 bits per heavy atom. The van der Waals surface area contributed by atoms with Crippen LogP contribution in [-0.4, -0.2) is 10.8 Å². The largest absolute Gasteiger partial charge is 0.314 e. The molecule has 0 aliphatic rings. The highest BCUT2D eigenvalue weighted by molar-refractivity contribution is 9.10. The lowest BCUT2D eigenvalue weighted by molar-refractivity contribution is -0.384. The van der Waals surface area contributed by atoms with Crippen molar-refractivity contribution >= 4 is 33.2 Å². The number of para-hydroxylation sites is 1. The molecule has 0 radical (unpaired) electrons. The maximum atomic E-state index is 13.7. The maximum absolute atomic E-state index is 13.7. The molecule has 0 atom stereocenters. The summed E-state index contributed by atoms with van der Waals surface area (Å²) < 4.78 is 14.4. The van der Waals surface area contributed by atoms with Crippen LogP contribution in [0.4, 0.5) is 15.8 Å². The van der Waals surface area contributed by atoms with Crippen LogP contribution in [0.25, 0.3) is 0 Å². The van der Waals surface area contributed by atoms with Gasteiger partial charge in [0.1, 0.15) is 0 Å². The molecule has 0 saturated heterocycles. The molecule has 0 unspecified atom stereocenters. The Labute approximate surface area is 128 Å². The molecule has 1 amide bonds. The Bertz CT molecular complexity index is 734. The second-order valence-electron chi connectivity index (χ2n) is 4.30. The first-order valence-corrected chi connectivity index (χ1v) is 6.70. The number of carbonyl (C=O) groups excluding carboxylic acids is 1. The van der Waals surface area contributed by atoms with Gasteiger partial charge in [-0.3, -0.25) is 14.9 Å². The van der Waals surface area contributed by atoms with E-state index in [9.17, 15) is 19.3 Å². The summed E-state index contributed by atoms with van der Waals surface area (Å²) in [5.74, 6) is -1.47. The normalized spacial score (nSPS) is 10.2.